The highest BCUT2D eigenvalue weighted by Crippen LogP contribution is 2.35. The summed E-state index contributed by atoms with van der Waals surface area (Å²) < 4.78 is 0. The van der Waals surface area contributed by atoms with E-state index in [9.17, 15) is 15.0 Å². The van der Waals surface area contributed by atoms with Gasteiger partial charge in [0.05, 0.1) is 13.2 Å². The van der Waals surface area contributed by atoms with Crippen LogP contribution in [0.1, 0.15) is 10.4 Å². The lowest BCUT2D eigenvalue weighted by atomic mass is 10.1. The fourth-order valence-corrected chi connectivity index (χ4v) is 1.47. The van der Waals surface area contributed by atoms with Crippen molar-refractivity contribution in [2.24, 2.45) is 0 Å². The van der Waals surface area contributed by atoms with Gasteiger partial charge in [0.25, 0.3) is 5.91 Å². The van der Waals surface area contributed by atoms with Crippen molar-refractivity contribution in [3.63, 3.8) is 0 Å². The average Bonchev–Trinajstić information content (AvgIpc) is 2.34. The average molecular weight is 257 g/mol. The van der Waals surface area contributed by atoms with E-state index < -0.39 is 23.2 Å². The molecule has 0 aliphatic rings. The molecule has 18 heavy (non-hydrogen) atoms. The Labute approximate surface area is 103 Å². The number of phenolic OH excluding ortho intramolecular Hbond substituents is 3. The Kier molecular flexibility index (Phi) is 4.75. The summed E-state index contributed by atoms with van der Waals surface area (Å²) in [5.74, 6) is -2.52. The molecule has 0 saturated heterocycles. The molecule has 1 aromatic rings. The van der Waals surface area contributed by atoms with Crippen LogP contribution < -0.4 is 0 Å². The number of hydrogen-bond acceptors (Lipinski definition) is 6. The number of amides is 1. The van der Waals surface area contributed by atoms with Crippen LogP contribution in [0.25, 0.3) is 0 Å². The molecular formula is C11H15NO6. The summed E-state index contributed by atoms with van der Waals surface area (Å²) >= 11 is 0. The first-order valence-corrected chi connectivity index (χ1v) is 5.27. The smallest absolute Gasteiger partial charge is 0.254 e. The molecule has 0 bridgehead atoms. The summed E-state index contributed by atoms with van der Waals surface area (Å²) in [6, 6.07) is 2.00. The van der Waals surface area contributed by atoms with Crippen molar-refractivity contribution >= 4 is 5.91 Å². The molecule has 1 rings (SSSR count). The molecule has 7 nitrogen and oxygen atoms in total. The van der Waals surface area contributed by atoms with E-state index in [1.165, 1.54) is 0 Å². The number of aromatic hydroxyl groups is 3. The number of hydrogen-bond donors (Lipinski definition) is 5. The van der Waals surface area contributed by atoms with Crippen LogP contribution in [-0.4, -0.2) is 62.6 Å². The first kappa shape index (κ1) is 14.1. The van der Waals surface area contributed by atoms with Gasteiger partial charge in [0.1, 0.15) is 0 Å². The Morgan fingerprint density at radius 1 is 1.00 bits per heavy atom. The van der Waals surface area contributed by atoms with Crippen LogP contribution in [0.2, 0.25) is 0 Å². The highest BCUT2D eigenvalue weighted by Gasteiger charge is 2.18. The van der Waals surface area contributed by atoms with Gasteiger partial charge in [-0.2, -0.15) is 0 Å². The largest absolute Gasteiger partial charge is 0.504 e. The first-order valence-electron chi connectivity index (χ1n) is 5.27. The van der Waals surface area contributed by atoms with E-state index in [-0.39, 0.29) is 31.9 Å². The molecule has 0 unspecified atom stereocenters. The van der Waals surface area contributed by atoms with Crippen molar-refractivity contribution in [3.8, 4) is 17.2 Å². The molecule has 1 aromatic carbocycles. The maximum atomic E-state index is 11.9. The molecule has 0 saturated carbocycles. The summed E-state index contributed by atoms with van der Waals surface area (Å²) in [5.41, 5.74) is -0.0512. The van der Waals surface area contributed by atoms with Gasteiger partial charge >= 0.3 is 0 Å². The van der Waals surface area contributed by atoms with Gasteiger partial charge < -0.3 is 30.4 Å². The Hall–Kier alpha value is -1.99. The summed E-state index contributed by atoms with van der Waals surface area (Å²) in [5, 5.41) is 45.3. The monoisotopic (exact) mass is 257 g/mol. The van der Waals surface area contributed by atoms with E-state index in [1.54, 1.807) is 0 Å². The number of aliphatic hydroxyl groups is 2. The summed E-state index contributed by atoms with van der Waals surface area (Å²) in [4.78, 5) is 13.1. The van der Waals surface area contributed by atoms with Crippen LogP contribution in [0.4, 0.5) is 0 Å². The topological polar surface area (TPSA) is 121 Å². The minimum atomic E-state index is -0.706. The fourth-order valence-electron chi connectivity index (χ4n) is 1.47. The maximum Gasteiger partial charge on any atom is 0.254 e. The molecule has 100 valence electrons. The lowest BCUT2D eigenvalue weighted by molar-refractivity contribution is 0.0684. The van der Waals surface area contributed by atoms with Crippen LogP contribution >= 0.6 is 0 Å². The molecule has 5 N–H and O–H groups in total. The highest BCUT2D eigenvalue weighted by molar-refractivity contribution is 5.95. The van der Waals surface area contributed by atoms with Gasteiger partial charge in [-0.05, 0) is 12.1 Å². The first-order chi connectivity index (χ1) is 8.51. The molecule has 0 radical (unpaired) electrons. The molecule has 0 spiro atoms. The van der Waals surface area contributed by atoms with E-state index >= 15 is 0 Å². The molecular weight excluding hydrogens is 242 g/mol. The zero-order valence-electron chi connectivity index (χ0n) is 9.57. The van der Waals surface area contributed by atoms with Gasteiger partial charge in [0.15, 0.2) is 17.2 Å². The molecule has 7 heteroatoms. The van der Waals surface area contributed by atoms with Crippen molar-refractivity contribution in [2.45, 2.75) is 0 Å². The quantitative estimate of drug-likeness (QED) is 0.442. The number of aliphatic hydroxyl groups excluding tert-OH is 2. The molecule has 0 aliphatic heterocycles. The molecule has 0 fully saturated rings. The minimum absolute atomic E-state index is 0.0157. The van der Waals surface area contributed by atoms with Crippen LogP contribution in [0.15, 0.2) is 12.1 Å². The van der Waals surface area contributed by atoms with Crippen LogP contribution in [0, 0.1) is 0 Å². The third kappa shape index (κ3) is 3.02. The second-order valence-corrected chi connectivity index (χ2v) is 3.60. The molecule has 1 amide bonds. The molecule has 0 aliphatic carbocycles. The normalized spacial score (nSPS) is 10.3. The predicted molar refractivity (Wildman–Crippen MR) is 61.5 cm³/mol. The number of nitrogens with zero attached hydrogens (tertiary/aromatic N) is 1. The van der Waals surface area contributed by atoms with E-state index in [4.69, 9.17) is 15.3 Å². The van der Waals surface area contributed by atoms with E-state index in [0.29, 0.717) is 0 Å². The minimum Gasteiger partial charge on any atom is -0.504 e. The fraction of sp³-hybridized carbons (Fsp3) is 0.364. The van der Waals surface area contributed by atoms with Gasteiger partial charge in [-0.3, -0.25) is 4.79 Å². The third-order valence-corrected chi connectivity index (χ3v) is 2.34. The number of rotatable bonds is 5. The van der Waals surface area contributed by atoms with Gasteiger partial charge in [-0.15, -0.1) is 0 Å². The van der Waals surface area contributed by atoms with Gasteiger partial charge in [-0.25, -0.2) is 0 Å². The van der Waals surface area contributed by atoms with Crippen molar-refractivity contribution in [1.82, 2.24) is 4.90 Å². The van der Waals surface area contributed by atoms with E-state index in [2.05, 4.69) is 0 Å². The number of benzene rings is 1. The van der Waals surface area contributed by atoms with Crippen LogP contribution in [-0.2, 0) is 0 Å². The third-order valence-electron chi connectivity index (χ3n) is 2.34. The zero-order chi connectivity index (χ0) is 13.7. The van der Waals surface area contributed by atoms with Crippen molar-refractivity contribution in [1.29, 1.82) is 0 Å². The zero-order valence-corrected chi connectivity index (χ0v) is 9.57. The summed E-state index contributed by atoms with van der Waals surface area (Å²) in [6.45, 7) is -0.521. The SMILES string of the molecule is O=C(c1cc(O)c(O)c(O)c1)N(CCO)CCO. The maximum absolute atomic E-state index is 11.9. The van der Waals surface area contributed by atoms with Crippen LogP contribution in [0.3, 0.4) is 0 Å². The number of phenols is 3. The lowest BCUT2D eigenvalue weighted by Crippen LogP contribution is -2.35. The highest BCUT2D eigenvalue weighted by atomic mass is 16.3. The Bertz CT molecular complexity index is 405. The molecule has 0 heterocycles. The number of carbonyl (C=O) groups excluding carboxylic acids is 1. The lowest BCUT2D eigenvalue weighted by Gasteiger charge is -2.20. The van der Waals surface area contributed by atoms with E-state index in [0.717, 1.165) is 17.0 Å². The Balaban J connectivity index is 3.01. The Morgan fingerprint density at radius 3 is 1.83 bits per heavy atom. The van der Waals surface area contributed by atoms with Crippen molar-refractivity contribution < 1.29 is 30.3 Å². The number of carbonyl (C=O) groups is 1. The van der Waals surface area contributed by atoms with Crippen LogP contribution in [0.5, 0.6) is 17.2 Å². The second kappa shape index (κ2) is 6.08. The second-order valence-electron chi connectivity index (χ2n) is 3.60. The summed E-state index contributed by atoms with van der Waals surface area (Å²) in [6.07, 6.45) is 0. The standard InChI is InChI=1S/C11H15NO6/c13-3-1-12(2-4-14)11(18)7-5-8(15)10(17)9(16)6-7/h5-6,13-17H,1-4H2. The predicted octanol–water partition coefficient (Wildman–Crippen LogP) is -0.770. The van der Waals surface area contributed by atoms with Gasteiger partial charge in [-0.1, -0.05) is 0 Å². The molecule has 0 atom stereocenters. The Morgan fingerprint density at radius 2 is 1.44 bits per heavy atom. The van der Waals surface area contributed by atoms with Crippen molar-refractivity contribution in [2.75, 3.05) is 26.3 Å². The van der Waals surface area contributed by atoms with E-state index in [1.807, 2.05) is 0 Å². The van der Waals surface area contributed by atoms with Gasteiger partial charge in [0.2, 0.25) is 0 Å². The molecule has 0 aromatic heterocycles. The summed E-state index contributed by atoms with van der Waals surface area (Å²) in [7, 11) is 0. The van der Waals surface area contributed by atoms with Crippen molar-refractivity contribution in [3.05, 3.63) is 17.7 Å². The van der Waals surface area contributed by atoms with Gasteiger partial charge in [0, 0.05) is 18.7 Å².